The van der Waals surface area contributed by atoms with Crippen molar-refractivity contribution in [2.75, 3.05) is 5.75 Å². The minimum Gasteiger partial charge on any atom is -0.339 e. The van der Waals surface area contributed by atoms with Crippen LogP contribution in [0.2, 0.25) is 0 Å². The molecule has 0 saturated carbocycles. The highest BCUT2D eigenvalue weighted by Gasteiger charge is 2.24. The predicted octanol–water partition coefficient (Wildman–Crippen LogP) is 3.91. The standard InChI is InChI=1S/C15H13NS/c1-3-7-14-12(5-1)13-6-2-4-8-15(13)16(14)9-11-10-17-11/h1-8,11H,9-10H2/t11-/m0/s1. The lowest BCUT2D eigenvalue weighted by atomic mass is 10.2. The minimum absolute atomic E-state index is 0.828. The van der Waals surface area contributed by atoms with Gasteiger partial charge in [-0.2, -0.15) is 11.8 Å². The summed E-state index contributed by atoms with van der Waals surface area (Å²) in [6.45, 7) is 1.15. The Balaban J connectivity index is 2.10. The number of benzene rings is 2. The summed E-state index contributed by atoms with van der Waals surface area (Å²) in [5.74, 6) is 1.32. The number of nitrogens with zero attached hydrogens (tertiary/aromatic N) is 1. The molecule has 0 radical (unpaired) electrons. The third-order valence-corrected chi connectivity index (χ3v) is 4.42. The zero-order chi connectivity index (χ0) is 11.2. The molecule has 0 amide bonds. The van der Waals surface area contributed by atoms with Gasteiger partial charge in [0, 0.05) is 39.4 Å². The van der Waals surface area contributed by atoms with Crippen molar-refractivity contribution in [3.63, 3.8) is 0 Å². The van der Waals surface area contributed by atoms with E-state index in [1.165, 1.54) is 27.6 Å². The van der Waals surface area contributed by atoms with E-state index in [2.05, 4.69) is 64.9 Å². The minimum atomic E-state index is 0.828. The van der Waals surface area contributed by atoms with Crippen molar-refractivity contribution in [1.82, 2.24) is 4.57 Å². The molecule has 1 aromatic heterocycles. The molecule has 0 aliphatic carbocycles. The van der Waals surface area contributed by atoms with E-state index in [-0.39, 0.29) is 0 Å². The van der Waals surface area contributed by atoms with E-state index in [1.54, 1.807) is 0 Å². The van der Waals surface area contributed by atoms with Gasteiger partial charge in [-0.25, -0.2) is 0 Å². The van der Waals surface area contributed by atoms with E-state index in [9.17, 15) is 0 Å². The Morgan fingerprint density at radius 1 is 0.941 bits per heavy atom. The second-order valence-electron chi connectivity index (χ2n) is 4.60. The third kappa shape index (κ3) is 1.48. The Bertz CT molecular complexity index is 641. The van der Waals surface area contributed by atoms with Crippen molar-refractivity contribution in [3.05, 3.63) is 48.5 Å². The van der Waals surface area contributed by atoms with Crippen LogP contribution in [0.25, 0.3) is 21.8 Å². The summed E-state index contributed by atoms with van der Waals surface area (Å²) in [4.78, 5) is 0. The van der Waals surface area contributed by atoms with Gasteiger partial charge in [-0.1, -0.05) is 36.4 Å². The maximum Gasteiger partial charge on any atom is 0.0491 e. The SMILES string of the molecule is c1ccc2c(c1)c1ccccc1n2C[C@H]1CS1. The molecule has 17 heavy (non-hydrogen) atoms. The van der Waals surface area contributed by atoms with Gasteiger partial charge in [0.15, 0.2) is 0 Å². The number of fused-ring (bicyclic) bond motifs is 3. The molecule has 1 atom stereocenters. The molecule has 3 aromatic rings. The van der Waals surface area contributed by atoms with Crippen LogP contribution in [0.5, 0.6) is 0 Å². The molecule has 2 aromatic carbocycles. The highest BCUT2D eigenvalue weighted by molar-refractivity contribution is 8.06. The summed E-state index contributed by atoms with van der Waals surface area (Å²) in [5.41, 5.74) is 2.75. The van der Waals surface area contributed by atoms with Crippen LogP contribution in [-0.4, -0.2) is 15.6 Å². The predicted molar refractivity (Wildman–Crippen MR) is 75.7 cm³/mol. The summed E-state index contributed by atoms with van der Waals surface area (Å²) in [6.07, 6.45) is 0. The lowest BCUT2D eigenvalue weighted by Crippen LogP contribution is -2.02. The van der Waals surface area contributed by atoms with Crippen molar-refractivity contribution >= 4 is 33.6 Å². The summed E-state index contributed by atoms with van der Waals surface area (Å²) >= 11 is 2.06. The summed E-state index contributed by atoms with van der Waals surface area (Å²) in [5, 5.41) is 3.59. The van der Waals surface area contributed by atoms with Crippen molar-refractivity contribution in [3.8, 4) is 0 Å². The van der Waals surface area contributed by atoms with E-state index in [0.29, 0.717) is 0 Å². The highest BCUT2D eigenvalue weighted by atomic mass is 32.2. The van der Waals surface area contributed by atoms with E-state index < -0.39 is 0 Å². The van der Waals surface area contributed by atoms with Gasteiger partial charge < -0.3 is 4.57 Å². The monoisotopic (exact) mass is 239 g/mol. The Kier molecular flexibility index (Phi) is 2.00. The average molecular weight is 239 g/mol. The number of hydrogen-bond acceptors (Lipinski definition) is 1. The molecule has 1 aliphatic rings. The van der Waals surface area contributed by atoms with Crippen molar-refractivity contribution in [1.29, 1.82) is 0 Å². The summed E-state index contributed by atoms with van der Waals surface area (Å²) in [6, 6.07) is 17.5. The van der Waals surface area contributed by atoms with Crippen molar-refractivity contribution < 1.29 is 0 Å². The molecule has 4 rings (SSSR count). The highest BCUT2D eigenvalue weighted by Crippen LogP contribution is 2.35. The number of para-hydroxylation sites is 2. The molecule has 1 fully saturated rings. The van der Waals surface area contributed by atoms with Gasteiger partial charge in [0.25, 0.3) is 0 Å². The first-order chi connectivity index (χ1) is 8.43. The molecular formula is C15H13NS. The van der Waals surface area contributed by atoms with Gasteiger partial charge in [-0.3, -0.25) is 0 Å². The Labute approximate surface area is 104 Å². The maximum absolute atomic E-state index is 2.48. The first-order valence-electron chi connectivity index (χ1n) is 6.01. The fourth-order valence-corrected chi connectivity index (χ4v) is 3.07. The van der Waals surface area contributed by atoms with Crippen LogP contribution in [-0.2, 0) is 6.54 Å². The van der Waals surface area contributed by atoms with Gasteiger partial charge in [0.05, 0.1) is 0 Å². The topological polar surface area (TPSA) is 4.93 Å². The molecule has 0 N–H and O–H groups in total. The molecular weight excluding hydrogens is 226 g/mol. The van der Waals surface area contributed by atoms with Gasteiger partial charge in [0.1, 0.15) is 0 Å². The second-order valence-corrected chi connectivity index (χ2v) is 5.93. The van der Waals surface area contributed by atoms with Gasteiger partial charge in [-0.05, 0) is 12.1 Å². The van der Waals surface area contributed by atoms with Crippen LogP contribution in [0.1, 0.15) is 0 Å². The Morgan fingerprint density at radius 2 is 1.47 bits per heavy atom. The fraction of sp³-hybridized carbons (Fsp3) is 0.200. The van der Waals surface area contributed by atoms with Crippen LogP contribution in [0.3, 0.4) is 0 Å². The molecule has 2 heterocycles. The number of rotatable bonds is 2. The van der Waals surface area contributed by atoms with Gasteiger partial charge in [0.2, 0.25) is 0 Å². The largest absolute Gasteiger partial charge is 0.339 e. The van der Waals surface area contributed by atoms with E-state index in [1.807, 2.05) is 0 Å². The summed E-state index contributed by atoms with van der Waals surface area (Å²) in [7, 11) is 0. The zero-order valence-corrected chi connectivity index (χ0v) is 10.3. The van der Waals surface area contributed by atoms with Crippen LogP contribution in [0, 0.1) is 0 Å². The van der Waals surface area contributed by atoms with Crippen LogP contribution in [0.4, 0.5) is 0 Å². The molecule has 1 saturated heterocycles. The molecule has 0 unspecified atom stereocenters. The van der Waals surface area contributed by atoms with Crippen LogP contribution < -0.4 is 0 Å². The maximum atomic E-state index is 2.48. The quantitative estimate of drug-likeness (QED) is 0.614. The smallest absolute Gasteiger partial charge is 0.0491 e. The number of aromatic nitrogens is 1. The molecule has 2 heteroatoms. The third-order valence-electron chi connectivity index (χ3n) is 3.47. The summed E-state index contributed by atoms with van der Waals surface area (Å²) < 4.78 is 2.48. The molecule has 0 bridgehead atoms. The lowest BCUT2D eigenvalue weighted by molar-refractivity contribution is 0.777. The fourth-order valence-electron chi connectivity index (χ4n) is 2.58. The Morgan fingerprint density at radius 3 is 2.00 bits per heavy atom. The zero-order valence-electron chi connectivity index (χ0n) is 9.47. The number of thioether (sulfide) groups is 1. The van der Waals surface area contributed by atoms with Crippen LogP contribution >= 0.6 is 11.8 Å². The van der Waals surface area contributed by atoms with Crippen molar-refractivity contribution in [2.24, 2.45) is 0 Å². The number of hydrogen-bond donors (Lipinski definition) is 0. The lowest BCUT2D eigenvalue weighted by Gasteiger charge is -2.04. The average Bonchev–Trinajstić information content (AvgIpc) is 3.15. The first kappa shape index (κ1) is 9.60. The van der Waals surface area contributed by atoms with E-state index in [4.69, 9.17) is 0 Å². The molecule has 1 aliphatic heterocycles. The second kappa shape index (κ2) is 3.54. The molecule has 0 spiro atoms. The van der Waals surface area contributed by atoms with Gasteiger partial charge in [-0.15, -0.1) is 0 Å². The van der Waals surface area contributed by atoms with Gasteiger partial charge >= 0.3 is 0 Å². The van der Waals surface area contributed by atoms with E-state index >= 15 is 0 Å². The normalized spacial score (nSPS) is 18.9. The van der Waals surface area contributed by atoms with E-state index in [0.717, 1.165) is 11.8 Å². The van der Waals surface area contributed by atoms with Crippen LogP contribution in [0.15, 0.2) is 48.5 Å². The molecule has 84 valence electrons. The molecule has 1 nitrogen and oxygen atoms in total. The Hall–Kier alpha value is -1.41. The first-order valence-corrected chi connectivity index (χ1v) is 7.06. The van der Waals surface area contributed by atoms with Crippen molar-refractivity contribution in [2.45, 2.75) is 11.8 Å².